The molecule has 0 bridgehead atoms. The zero-order valence-corrected chi connectivity index (χ0v) is 26.1. The van der Waals surface area contributed by atoms with Gasteiger partial charge in [-0.25, -0.2) is 4.98 Å². The van der Waals surface area contributed by atoms with Crippen molar-refractivity contribution in [2.45, 2.75) is 60.4 Å². The van der Waals surface area contributed by atoms with E-state index in [4.69, 9.17) is 22.3 Å². The van der Waals surface area contributed by atoms with Crippen LogP contribution in [0.5, 0.6) is 0 Å². The number of nitrogens with zero attached hydrogens (tertiary/aromatic N) is 4. The zero-order valence-electron chi connectivity index (χ0n) is 25.3. The number of aromatic nitrogens is 2. The number of nitrogens with one attached hydrogen (secondary N) is 1. The lowest BCUT2D eigenvalue weighted by atomic mass is 9.96. The molecule has 1 saturated heterocycles. The zero-order chi connectivity index (χ0) is 30.0. The molecule has 6 nitrogen and oxygen atoms in total. The van der Waals surface area contributed by atoms with Gasteiger partial charge in [-0.05, 0) is 68.7 Å². The second kappa shape index (κ2) is 15.1. The van der Waals surface area contributed by atoms with Gasteiger partial charge in [0.25, 0.3) is 0 Å². The molecule has 214 valence electrons. The van der Waals surface area contributed by atoms with E-state index >= 15 is 0 Å². The Kier molecular flexibility index (Phi) is 12.3. The van der Waals surface area contributed by atoms with E-state index in [0.717, 1.165) is 52.5 Å². The van der Waals surface area contributed by atoms with Crippen molar-refractivity contribution in [3.05, 3.63) is 107 Å². The van der Waals surface area contributed by atoms with E-state index in [2.05, 4.69) is 65.3 Å². The summed E-state index contributed by atoms with van der Waals surface area (Å²) in [5.41, 5.74) is 14.9. The van der Waals surface area contributed by atoms with Gasteiger partial charge in [-0.1, -0.05) is 64.1 Å². The fourth-order valence-electron chi connectivity index (χ4n) is 4.75. The number of nitrogens with two attached hydrogens (primary N) is 1. The van der Waals surface area contributed by atoms with E-state index in [1.54, 1.807) is 13.2 Å². The SMILES string of the molecule is C=C(Cl)/C(=C\C=C(/C)N)c1cnc(C2CCC3=CC(c4cc(C)ccc4N(C)C=NC)=CC(=C)N32)[nH]1.CC.CC. The molecule has 0 amide bonds. The first kappa shape index (κ1) is 32.4. The third-order valence-corrected chi connectivity index (χ3v) is 6.59. The van der Waals surface area contributed by atoms with E-state index in [1.807, 2.05) is 65.1 Å². The molecule has 1 aromatic carbocycles. The molecule has 1 fully saturated rings. The molecule has 7 heteroatoms. The molecule has 2 aliphatic heterocycles. The lowest BCUT2D eigenvalue weighted by Crippen LogP contribution is -2.23. The summed E-state index contributed by atoms with van der Waals surface area (Å²) >= 11 is 6.27. The Bertz CT molecular complexity index is 1350. The number of halogens is 1. The van der Waals surface area contributed by atoms with Crippen LogP contribution in [0.4, 0.5) is 5.69 Å². The van der Waals surface area contributed by atoms with Gasteiger partial charge >= 0.3 is 0 Å². The van der Waals surface area contributed by atoms with E-state index in [1.165, 1.54) is 11.3 Å². The molecule has 2 aliphatic rings. The van der Waals surface area contributed by atoms with Gasteiger partial charge in [0.05, 0.1) is 24.3 Å². The van der Waals surface area contributed by atoms with Crippen LogP contribution >= 0.6 is 11.6 Å². The fraction of sp³-hybridized carbons (Fsp3) is 0.333. The van der Waals surface area contributed by atoms with Crippen LogP contribution in [0.25, 0.3) is 11.1 Å². The maximum absolute atomic E-state index is 6.27. The smallest absolute Gasteiger partial charge is 0.129 e. The van der Waals surface area contributed by atoms with Crippen LogP contribution in [0.15, 0.2) is 89.0 Å². The minimum atomic E-state index is 0.0683. The molecular formula is C33H45ClN6. The summed E-state index contributed by atoms with van der Waals surface area (Å²) in [6, 6.07) is 6.55. The van der Waals surface area contributed by atoms with E-state index in [0.29, 0.717) is 10.7 Å². The topological polar surface area (TPSA) is 73.5 Å². The van der Waals surface area contributed by atoms with Crippen LogP contribution in [-0.2, 0) is 0 Å². The first-order valence-corrected chi connectivity index (χ1v) is 14.3. The molecule has 3 heterocycles. The van der Waals surface area contributed by atoms with Crippen LogP contribution < -0.4 is 10.6 Å². The number of fused-ring (bicyclic) bond motifs is 1. The predicted octanol–water partition coefficient (Wildman–Crippen LogP) is 8.49. The summed E-state index contributed by atoms with van der Waals surface area (Å²) in [5.74, 6) is 0.874. The minimum absolute atomic E-state index is 0.0683. The molecule has 40 heavy (non-hydrogen) atoms. The maximum atomic E-state index is 6.27. The maximum Gasteiger partial charge on any atom is 0.129 e. The normalized spacial score (nSPS) is 16.9. The van der Waals surface area contributed by atoms with Crippen molar-refractivity contribution in [3.8, 4) is 0 Å². The van der Waals surface area contributed by atoms with Gasteiger partial charge in [0, 0.05) is 53.0 Å². The molecule has 4 rings (SSSR count). The van der Waals surface area contributed by atoms with Gasteiger partial charge < -0.3 is 20.5 Å². The average molecular weight is 561 g/mol. The number of imidazole rings is 1. The largest absolute Gasteiger partial charge is 0.402 e. The van der Waals surface area contributed by atoms with Gasteiger partial charge in [0.15, 0.2) is 0 Å². The van der Waals surface area contributed by atoms with Crippen LogP contribution in [0, 0.1) is 6.92 Å². The van der Waals surface area contributed by atoms with Gasteiger partial charge in [-0.2, -0.15) is 0 Å². The molecule has 0 saturated carbocycles. The van der Waals surface area contributed by atoms with Gasteiger partial charge in [0.1, 0.15) is 5.82 Å². The Hall–Kier alpha value is -3.77. The molecule has 3 N–H and O–H groups in total. The first-order valence-electron chi connectivity index (χ1n) is 13.9. The van der Waals surface area contributed by atoms with Crippen molar-refractivity contribution in [1.82, 2.24) is 14.9 Å². The Morgan fingerprint density at radius 1 is 1.23 bits per heavy atom. The van der Waals surface area contributed by atoms with E-state index in [9.17, 15) is 0 Å². The number of hydrogen-bond donors (Lipinski definition) is 2. The Balaban J connectivity index is 0.00000134. The minimum Gasteiger partial charge on any atom is -0.402 e. The van der Waals surface area contributed by atoms with Crippen LogP contribution in [-0.4, -0.2) is 35.3 Å². The first-order chi connectivity index (χ1) is 19.2. The highest BCUT2D eigenvalue weighted by Gasteiger charge is 2.35. The summed E-state index contributed by atoms with van der Waals surface area (Å²) in [7, 11) is 3.80. The van der Waals surface area contributed by atoms with Crippen molar-refractivity contribution in [3.63, 3.8) is 0 Å². The number of hydrogen-bond acceptors (Lipinski definition) is 4. The van der Waals surface area contributed by atoms with Gasteiger partial charge in [-0.3, -0.25) is 4.99 Å². The number of anilines is 1. The highest BCUT2D eigenvalue weighted by molar-refractivity contribution is 6.36. The van der Waals surface area contributed by atoms with Crippen molar-refractivity contribution >= 4 is 34.8 Å². The number of allylic oxidation sites excluding steroid dienone is 9. The lowest BCUT2D eigenvalue weighted by Gasteiger charge is -2.31. The van der Waals surface area contributed by atoms with E-state index in [-0.39, 0.29) is 6.04 Å². The summed E-state index contributed by atoms with van der Waals surface area (Å²) in [4.78, 5) is 16.7. The monoisotopic (exact) mass is 560 g/mol. The number of benzene rings is 1. The number of aryl methyl sites for hydroxylation is 1. The van der Waals surface area contributed by atoms with Crippen LogP contribution in [0.3, 0.4) is 0 Å². The second-order valence-electron chi connectivity index (χ2n) is 9.23. The number of aliphatic imine (C=N–C) groups is 1. The molecule has 0 radical (unpaired) electrons. The van der Waals surface area contributed by atoms with Crippen molar-refractivity contribution < 1.29 is 0 Å². The van der Waals surface area contributed by atoms with Gasteiger partial charge in [0.2, 0.25) is 0 Å². The molecule has 2 aromatic rings. The molecular weight excluding hydrogens is 516 g/mol. The van der Waals surface area contributed by atoms with Crippen molar-refractivity contribution in [1.29, 1.82) is 0 Å². The summed E-state index contributed by atoms with van der Waals surface area (Å²) in [5, 5.41) is 0.428. The van der Waals surface area contributed by atoms with Crippen molar-refractivity contribution in [2.75, 3.05) is 19.0 Å². The standard InChI is InChI=1S/C29H33ClN6.2C2H6/c1-18-7-11-27(35(6)17-32-5)25(13-18)22-14-20(3)36-23(15-22)9-12-28(36)29-33-16-26(34-29)24(21(4)30)10-8-19(2)31;2*1-2/h7-8,10-11,13-17,28H,3-4,9,12,31H2,1-2,5-6H3,(H,33,34);2*1-2H3/b19-8+,24-10+,32-17?;;. The Morgan fingerprint density at radius 3 is 2.55 bits per heavy atom. The molecule has 0 aliphatic carbocycles. The number of H-pyrrole nitrogens is 1. The van der Waals surface area contributed by atoms with Crippen LogP contribution in [0.2, 0.25) is 0 Å². The average Bonchev–Trinajstić information content (AvgIpc) is 3.58. The third-order valence-electron chi connectivity index (χ3n) is 6.39. The highest BCUT2D eigenvalue weighted by Crippen LogP contribution is 2.45. The Labute approximate surface area is 246 Å². The Morgan fingerprint density at radius 2 is 1.93 bits per heavy atom. The van der Waals surface area contributed by atoms with E-state index < -0.39 is 0 Å². The fourth-order valence-corrected chi connectivity index (χ4v) is 4.92. The molecule has 1 unspecified atom stereocenters. The number of rotatable bonds is 7. The molecule has 1 atom stereocenters. The quantitative estimate of drug-likeness (QED) is 0.202. The lowest BCUT2D eigenvalue weighted by molar-refractivity contribution is 0.366. The highest BCUT2D eigenvalue weighted by atomic mass is 35.5. The predicted molar refractivity (Wildman–Crippen MR) is 175 cm³/mol. The summed E-state index contributed by atoms with van der Waals surface area (Å²) < 4.78 is 0. The molecule has 1 aromatic heterocycles. The number of aromatic amines is 1. The second-order valence-corrected chi connectivity index (χ2v) is 9.69. The third kappa shape index (κ3) is 7.45. The molecule has 0 spiro atoms. The summed E-state index contributed by atoms with van der Waals surface area (Å²) in [6.07, 6.45) is 13.6. The van der Waals surface area contributed by atoms with Crippen LogP contribution in [0.1, 0.15) is 76.1 Å². The van der Waals surface area contributed by atoms with Gasteiger partial charge in [-0.15, -0.1) is 0 Å². The summed E-state index contributed by atoms with van der Waals surface area (Å²) in [6.45, 7) is 20.3. The van der Waals surface area contributed by atoms with Crippen molar-refractivity contribution in [2.24, 2.45) is 10.7 Å².